The minimum absolute atomic E-state index is 0.0629. The van der Waals surface area contributed by atoms with Crippen molar-refractivity contribution in [3.05, 3.63) is 58.7 Å². The second-order valence-electron chi connectivity index (χ2n) is 7.33. The van der Waals surface area contributed by atoms with E-state index in [0.717, 1.165) is 0 Å². The van der Waals surface area contributed by atoms with Crippen molar-refractivity contribution in [2.75, 3.05) is 13.1 Å². The summed E-state index contributed by atoms with van der Waals surface area (Å²) in [6.45, 7) is 0.546. The van der Waals surface area contributed by atoms with Crippen LogP contribution in [0, 0.1) is 5.92 Å². The highest BCUT2D eigenvalue weighted by atomic mass is 35.5. The molecule has 31 heavy (non-hydrogen) atoms. The van der Waals surface area contributed by atoms with Crippen molar-refractivity contribution in [3.8, 4) is 5.88 Å². The van der Waals surface area contributed by atoms with E-state index in [2.05, 4.69) is 15.6 Å². The lowest BCUT2D eigenvalue weighted by molar-refractivity contribution is -0.143. The average Bonchev–Trinajstić information content (AvgIpc) is 2.78. The predicted molar refractivity (Wildman–Crippen MR) is 114 cm³/mol. The fraction of sp³-hybridized carbons (Fsp3) is 0.364. The highest BCUT2D eigenvalue weighted by Gasteiger charge is 2.27. The van der Waals surface area contributed by atoms with Crippen molar-refractivity contribution in [3.63, 3.8) is 0 Å². The number of halogens is 1. The molecular formula is C22H24ClN3O5. The summed E-state index contributed by atoms with van der Waals surface area (Å²) in [6.07, 6.45) is 3.89. The molecule has 0 bridgehead atoms. The van der Waals surface area contributed by atoms with Crippen LogP contribution in [0.5, 0.6) is 5.88 Å². The third-order valence-electron chi connectivity index (χ3n) is 5.11. The molecule has 1 aromatic carbocycles. The number of rotatable bonds is 8. The number of benzene rings is 1. The van der Waals surface area contributed by atoms with Crippen LogP contribution in [0.4, 0.5) is 0 Å². The minimum atomic E-state index is -0.753. The van der Waals surface area contributed by atoms with Gasteiger partial charge in [0.25, 0.3) is 11.8 Å². The van der Waals surface area contributed by atoms with E-state index in [0.29, 0.717) is 47.7 Å². The van der Waals surface area contributed by atoms with Gasteiger partial charge in [-0.15, -0.1) is 0 Å². The van der Waals surface area contributed by atoms with Crippen LogP contribution < -0.4 is 15.4 Å². The van der Waals surface area contributed by atoms with Gasteiger partial charge in [0.1, 0.15) is 6.10 Å². The lowest BCUT2D eigenvalue weighted by atomic mass is 9.87. The maximum absolute atomic E-state index is 12.2. The van der Waals surface area contributed by atoms with Crippen LogP contribution in [0.1, 0.15) is 46.4 Å². The smallest absolute Gasteiger partial charge is 0.306 e. The summed E-state index contributed by atoms with van der Waals surface area (Å²) >= 11 is 5.80. The lowest BCUT2D eigenvalue weighted by Gasteiger charge is -2.26. The molecule has 1 aromatic heterocycles. The van der Waals surface area contributed by atoms with E-state index in [4.69, 9.17) is 21.4 Å². The van der Waals surface area contributed by atoms with Gasteiger partial charge in [0, 0.05) is 35.9 Å². The first kappa shape index (κ1) is 22.6. The van der Waals surface area contributed by atoms with Gasteiger partial charge in [-0.05, 0) is 56.0 Å². The van der Waals surface area contributed by atoms with Crippen LogP contribution in [0.2, 0.25) is 5.02 Å². The fourth-order valence-corrected chi connectivity index (χ4v) is 3.47. The quantitative estimate of drug-likeness (QED) is 0.538. The van der Waals surface area contributed by atoms with Crippen LogP contribution in [0.25, 0.3) is 0 Å². The normalized spacial score (nSPS) is 18.1. The molecule has 3 N–H and O–H groups in total. The number of nitrogens with zero attached hydrogens (tertiary/aromatic N) is 1. The number of aliphatic carboxylic acids is 1. The zero-order valence-corrected chi connectivity index (χ0v) is 17.6. The summed E-state index contributed by atoms with van der Waals surface area (Å²) in [5.41, 5.74) is 0.873. The summed E-state index contributed by atoms with van der Waals surface area (Å²) < 4.78 is 5.80. The van der Waals surface area contributed by atoms with Crippen molar-refractivity contribution >= 4 is 29.4 Å². The molecule has 1 saturated carbocycles. The Morgan fingerprint density at radius 3 is 2.06 bits per heavy atom. The van der Waals surface area contributed by atoms with Crippen LogP contribution in [0.15, 0.2) is 42.6 Å². The molecule has 9 heteroatoms. The van der Waals surface area contributed by atoms with Gasteiger partial charge >= 0.3 is 5.97 Å². The average molecular weight is 446 g/mol. The number of carbonyl (C=O) groups excluding carboxylic acids is 2. The number of amides is 2. The number of carbonyl (C=O) groups is 3. The molecule has 1 aliphatic carbocycles. The number of pyridine rings is 1. The topological polar surface area (TPSA) is 118 Å². The molecule has 2 amide bonds. The van der Waals surface area contributed by atoms with E-state index >= 15 is 0 Å². The van der Waals surface area contributed by atoms with Crippen molar-refractivity contribution in [1.29, 1.82) is 0 Å². The second-order valence-corrected chi connectivity index (χ2v) is 7.77. The van der Waals surface area contributed by atoms with Gasteiger partial charge in [0.2, 0.25) is 5.88 Å². The van der Waals surface area contributed by atoms with E-state index in [1.165, 1.54) is 6.20 Å². The largest absolute Gasteiger partial charge is 0.481 e. The van der Waals surface area contributed by atoms with E-state index < -0.39 is 5.97 Å². The number of hydrogen-bond donors (Lipinski definition) is 3. The fourth-order valence-electron chi connectivity index (χ4n) is 3.34. The Morgan fingerprint density at radius 2 is 1.52 bits per heavy atom. The first-order valence-electron chi connectivity index (χ1n) is 10.1. The summed E-state index contributed by atoms with van der Waals surface area (Å²) in [6, 6.07) is 9.78. The molecule has 1 aliphatic rings. The van der Waals surface area contributed by atoms with Gasteiger partial charge in [-0.1, -0.05) is 11.6 Å². The van der Waals surface area contributed by atoms with E-state index in [9.17, 15) is 14.4 Å². The zero-order chi connectivity index (χ0) is 22.2. The maximum Gasteiger partial charge on any atom is 0.306 e. The molecule has 0 unspecified atom stereocenters. The molecule has 0 saturated heterocycles. The molecule has 3 rings (SSSR count). The Morgan fingerprint density at radius 1 is 0.935 bits per heavy atom. The zero-order valence-electron chi connectivity index (χ0n) is 16.8. The summed E-state index contributed by atoms with van der Waals surface area (Å²) in [7, 11) is 0. The summed E-state index contributed by atoms with van der Waals surface area (Å²) in [5, 5.41) is 15.0. The van der Waals surface area contributed by atoms with Crippen LogP contribution in [-0.2, 0) is 4.79 Å². The van der Waals surface area contributed by atoms with Crippen LogP contribution >= 0.6 is 11.6 Å². The van der Waals surface area contributed by atoms with E-state index in [1.807, 2.05) is 0 Å². The van der Waals surface area contributed by atoms with E-state index in [1.54, 1.807) is 36.4 Å². The monoisotopic (exact) mass is 445 g/mol. The van der Waals surface area contributed by atoms with Gasteiger partial charge in [-0.2, -0.15) is 0 Å². The first-order valence-corrected chi connectivity index (χ1v) is 10.5. The Labute approximate surface area is 185 Å². The van der Waals surface area contributed by atoms with Crippen LogP contribution in [-0.4, -0.2) is 47.1 Å². The lowest BCUT2D eigenvalue weighted by Crippen LogP contribution is -2.34. The SMILES string of the molecule is O=C(NCCNC(=O)c1ccc(OC2CCC(C(=O)O)CC2)nc1)c1ccc(Cl)cc1. The molecule has 0 spiro atoms. The molecule has 164 valence electrons. The molecule has 0 atom stereocenters. The number of carboxylic acids is 1. The molecular weight excluding hydrogens is 422 g/mol. The maximum atomic E-state index is 12.2. The number of carboxylic acid groups (broad SMARTS) is 1. The summed E-state index contributed by atoms with van der Waals surface area (Å²) in [5.74, 6) is -1.19. The van der Waals surface area contributed by atoms with Crippen molar-refractivity contribution in [2.24, 2.45) is 5.92 Å². The standard InChI is InChI=1S/C22H24ClN3O5/c23-17-6-1-14(2-7-17)20(27)24-11-12-25-21(28)16-5-10-19(26-13-16)31-18-8-3-15(4-9-18)22(29)30/h1-2,5-7,10,13,15,18H,3-4,8-9,11-12H2,(H,24,27)(H,25,28)(H,29,30). The molecule has 1 heterocycles. The molecule has 0 aliphatic heterocycles. The first-order chi connectivity index (χ1) is 14.9. The van der Waals surface area contributed by atoms with Gasteiger partial charge in [0.05, 0.1) is 11.5 Å². The Balaban J connectivity index is 1.38. The molecule has 2 aromatic rings. The predicted octanol–water partition coefficient (Wildman–Crippen LogP) is 2.92. The van der Waals surface area contributed by atoms with Crippen molar-refractivity contribution in [1.82, 2.24) is 15.6 Å². The Hall–Kier alpha value is -3.13. The Kier molecular flexibility index (Phi) is 7.83. The summed E-state index contributed by atoms with van der Waals surface area (Å²) in [4.78, 5) is 39.4. The van der Waals surface area contributed by atoms with Gasteiger partial charge in [-0.25, -0.2) is 4.98 Å². The van der Waals surface area contributed by atoms with Crippen molar-refractivity contribution < 1.29 is 24.2 Å². The van der Waals surface area contributed by atoms with Gasteiger partial charge in [0.15, 0.2) is 0 Å². The number of hydrogen-bond acceptors (Lipinski definition) is 5. The van der Waals surface area contributed by atoms with Crippen molar-refractivity contribution in [2.45, 2.75) is 31.8 Å². The van der Waals surface area contributed by atoms with Gasteiger partial charge in [-0.3, -0.25) is 14.4 Å². The highest BCUT2D eigenvalue weighted by molar-refractivity contribution is 6.30. The number of nitrogens with one attached hydrogen (secondary N) is 2. The third kappa shape index (κ3) is 6.68. The second kappa shape index (κ2) is 10.8. The minimum Gasteiger partial charge on any atom is -0.481 e. The number of ether oxygens (including phenoxy) is 1. The van der Waals surface area contributed by atoms with E-state index in [-0.39, 0.29) is 36.9 Å². The molecule has 1 fully saturated rings. The highest BCUT2D eigenvalue weighted by Crippen LogP contribution is 2.27. The van der Waals surface area contributed by atoms with Crippen LogP contribution in [0.3, 0.4) is 0 Å². The van der Waals surface area contributed by atoms with Gasteiger partial charge < -0.3 is 20.5 Å². The molecule has 8 nitrogen and oxygen atoms in total. The molecule has 0 radical (unpaired) electrons. The third-order valence-corrected chi connectivity index (χ3v) is 5.36. The Bertz CT molecular complexity index is 910. The number of aromatic nitrogens is 1.